The van der Waals surface area contributed by atoms with E-state index in [1.54, 1.807) is 0 Å². The first-order valence-corrected chi connectivity index (χ1v) is 6.88. The van der Waals surface area contributed by atoms with Crippen LogP contribution in [0.25, 0.3) is 0 Å². The number of hydrogen-bond acceptors (Lipinski definition) is 3. The maximum Gasteiger partial charge on any atom is 0.435 e. The van der Waals surface area contributed by atoms with Crippen LogP contribution in [0.3, 0.4) is 0 Å². The topological polar surface area (TPSA) is 84.2 Å². The molecule has 1 saturated carbocycles. The van der Waals surface area contributed by atoms with E-state index in [-0.39, 0.29) is 0 Å². The third-order valence-electron chi connectivity index (χ3n) is 3.73. The Kier molecular flexibility index (Phi) is 4.43. The van der Waals surface area contributed by atoms with Crippen molar-refractivity contribution in [3.8, 4) is 0 Å². The Hall–Kier alpha value is -2.06. The van der Waals surface area contributed by atoms with Crippen molar-refractivity contribution in [2.45, 2.75) is 50.4 Å². The Morgan fingerprint density at radius 1 is 1.32 bits per heavy atom. The molecule has 0 unspecified atom stereocenters. The zero-order chi connectivity index (χ0) is 16.4. The van der Waals surface area contributed by atoms with E-state index in [1.807, 2.05) is 0 Å². The zero-order valence-corrected chi connectivity index (χ0v) is 11.7. The highest BCUT2D eigenvalue weighted by Gasteiger charge is 2.41. The van der Waals surface area contributed by atoms with Gasteiger partial charge in [0.2, 0.25) is 5.91 Å². The second-order valence-corrected chi connectivity index (χ2v) is 5.39. The lowest BCUT2D eigenvalue weighted by Crippen LogP contribution is -2.56. The van der Waals surface area contributed by atoms with Gasteiger partial charge in [0, 0.05) is 6.20 Å². The lowest BCUT2D eigenvalue weighted by molar-refractivity contribution is -0.149. The van der Waals surface area contributed by atoms with Gasteiger partial charge in [-0.15, -0.1) is 0 Å². The summed E-state index contributed by atoms with van der Waals surface area (Å²) >= 11 is 0. The van der Waals surface area contributed by atoms with E-state index in [9.17, 15) is 27.9 Å². The Labute approximate surface area is 124 Å². The van der Waals surface area contributed by atoms with Crippen molar-refractivity contribution < 1.29 is 27.9 Å². The fraction of sp³-hybridized carbons (Fsp3) is 0.615. The van der Waals surface area contributed by atoms with Crippen LogP contribution < -0.4 is 5.32 Å². The third kappa shape index (κ3) is 3.58. The van der Waals surface area contributed by atoms with E-state index < -0.39 is 35.8 Å². The van der Waals surface area contributed by atoms with Gasteiger partial charge in [0.1, 0.15) is 12.1 Å². The van der Waals surface area contributed by atoms with Crippen molar-refractivity contribution in [2.75, 3.05) is 0 Å². The van der Waals surface area contributed by atoms with Crippen molar-refractivity contribution >= 4 is 11.9 Å². The van der Waals surface area contributed by atoms with Crippen molar-refractivity contribution in [2.24, 2.45) is 0 Å². The molecule has 6 nitrogen and oxygen atoms in total. The van der Waals surface area contributed by atoms with Crippen LogP contribution in [0, 0.1) is 0 Å². The smallest absolute Gasteiger partial charge is 0.435 e. The molecule has 1 aliphatic rings. The molecular formula is C13H16F3N3O3. The van der Waals surface area contributed by atoms with E-state index in [4.69, 9.17) is 0 Å². The molecule has 1 aromatic rings. The van der Waals surface area contributed by atoms with Crippen molar-refractivity contribution in [1.29, 1.82) is 0 Å². The van der Waals surface area contributed by atoms with Crippen LogP contribution in [0.1, 0.15) is 37.8 Å². The van der Waals surface area contributed by atoms with Gasteiger partial charge in [0.05, 0.1) is 0 Å². The van der Waals surface area contributed by atoms with Gasteiger partial charge in [0.25, 0.3) is 0 Å². The standard InChI is InChI=1S/C13H16F3N3O3/c14-13(15,16)9-4-7-19(18-9)8-10(20)17-12(11(21)22)5-2-1-3-6-12/h4,7H,1-3,5-6,8H2,(H,17,20)(H,21,22). The van der Waals surface area contributed by atoms with Crippen LogP contribution >= 0.6 is 0 Å². The number of halogens is 3. The van der Waals surface area contributed by atoms with Crippen LogP contribution in [-0.4, -0.2) is 32.3 Å². The molecule has 1 amide bonds. The van der Waals surface area contributed by atoms with Gasteiger partial charge in [-0.3, -0.25) is 9.48 Å². The van der Waals surface area contributed by atoms with Gasteiger partial charge in [-0.1, -0.05) is 19.3 Å². The average Bonchev–Trinajstić information content (AvgIpc) is 2.87. The number of alkyl halides is 3. The minimum atomic E-state index is -4.58. The number of nitrogens with zero attached hydrogens (tertiary/aromatic N) is 2. The third-order valence-corrected chi connectivity index (χ3v) is 3.73. The molecule has 0 aromatic carbocycles. The summed E-state index contributed by atoms with van der Waals surface area (Å²) in [6, 6.07) is 0.765. The number of carbonyl (C=O) groups excluding carboxylic acids is 1. The van der Waals surface area contributed by atoms with Crippen LogP contribution in [-0.2, 0) is 22.3 Å². The van der Waals surface area contributed by atoms with Gasteiger partial charge in [-0.2, -0.15) is 18.3 Å². The zero-order valence-electron chi connectivity index (χ0n) is 11.7. The van der Waals surface area contributed by atoms with Gasteiger partial charge < -0.3 is 10.4 Å². The summed E-state index contributed by atoms with van der Waals surface area (Å²) in [5.41, 5.74) is -2.42. The summed E-state index contributed by atoms with van der Waals surface area (Å²) in [6.45, 7) is -0.453. The molecule has 1 aliphatic carbocycles. The number of aliphatic carboxylic acids is 1. The van der Waals surface area contributed by atoms with Crippen LogP contribution in [0.4, 0.5) is 13.2 Å². The van der Waals surface area contributed by atoms with E-state index in [1.165, 1.54) is 0 Å². The average molecular weight is 319 g/mol. The molecule has 0 aliphatic heterocycles. The fourth-order valence-corrected chi connectivity index (χ4v) is 2.60. The highest BCUT2D eigenvalue weighted by Crippen LogP contribution is 2.29. The van der Waals surface area contributed by atoms with Gasteiger partial charge in [0.15, 0.2) is 5.69 Å². The van der Waals surface area contributed by atoms with Crippen molar-refractivity contribution in [3.05, 3.63) is 18.0 Å². The van der Waals surface area contributed by atoms with Crippen molar-refractivity contribution in [3.63, 3.8) is 0 Å². The Balaban J connectivity index is 2.02. The number of aromatic nitrogens is 2. The number of carboxylic acid groups (broad SMARTS) is 1. The molecule has 0 atom stereocenters. The van der Waals surface area contributed by atoms with Gasteiger partial charge >= 0.3 is 12.1 Å². The first kappa shape index (κ1) is 16.3. The molecule has 2 rings (SSSR count). The Morgan fingerprint density at radius 3 is 2.45 bits per heavy atom. The molecule has 22 heavy (non-hydrogen) atoms. The molecule has 0 bridgehead atoms. The van der Waals surface area contributed by atoms with Gasteiger partial charge in [-0.05, 0) is 18.9 Å². The number of nitrogens with one attached hydrogen (secondary N) is 1. The van der Waals surface area contributed by atoms with Crippen LogP contribution in [0.15, 0.2) is 12.3 Å². The maximum absolute atomic E-state index is 12.4. The summed E-state index contributed by atoms with van der Waals surface area (Å²) in [4.78, 5) is 23.3. The summed E-state index contributed by atoms with van der Waals surface area (Å²) in [5, 5.41) is 15.0. The number of amides is 1. The molecule has 0 radical (unpaired) electrons. The predicted octanol–water partition coefficient (Wildman–Crippen LogP) is 1.81. The lowest BCUT2D eigenvalue weighted by Gasteiger charge is -2.33. The number of carboxylic acids is 1. The molecule has 1 fully saturated rings. The highest BCUT2D eigenvalue weighted by atomic mass is 19.4. The molecule has 9 heteroatoms. The van der Waals surface area contributed by atoms with E-state index in [0.717, 1.165) is 23.4 Å². The largest absolute Gasteiger partial charge is 0.480 e. The summed E-state index contributed by atoms with van der Waals surface area (Å²) in [7, 11) is 0. The van der Waals surface area contributed by atoms with Crippen molar-refractivity contribution in [1.82, 2.24) is 15.1 Å². The number of rotatable bonds is 4. The minimum absolute atomic E-state index is 0.320. The molecule has 1 aromatic heterocycles. The molecular weight excluding hydrogens is 303 g/mol. The summed E-state index contributed by atoms with van der Waals surface area (Å²) in [6.07, 6.45) is -0.621. The maximum atomic E-state index is 12.4. The van der Waals surface area contributed by atoms with E-state index >= 15 is 0 Å². The SMILES string of the molecule is O=C(Cn1ccc(C(F)(F)F)n1)NC1(C(=O)O)CCCCC1. The first-order valence-electron chi connectivity index (χ1n) is 6.88. The molecule has 0 saturated heterocycles. The lowest BCUT2D eigenvalue weighted by atomic mass is 9.81. The normalized spacial score (nSPS) is 18.0. The molecule has 1 heterocycles. The fourth-order valence-electron chi connectivity index (χ4n) is 2.60. The predicted molar refractivity (Wildman–Crippen MR) is 68.8 cm³/mol. The molecule has 122 valence electrons. The quantitative estimate of drug-likeness (QED) is 0.886. The van der Waals surface area contributed by atoms with Crippen LogP contribution in [0.2, 0.25) is 0 Å². The summed E-state index contributed by atoms with van der Waals surface area (Å²) < 4.78 is 38.1. The number of carbonyl (C=O) groups is 2. The van der Waals surface area contributed by atoms with Crippen LogP contribution in [0.5, 0.6) is 0 Å². The molecule has 0 spiro atoms. The summed E-state index contributed by atoms with van der Waals surface area (Å²) in [5.74, 6) is -1.78. The second-order valence-electron chi connectivity index (χ2n) is 5.39. The molecule has 2 N–H and O–H groups in total. The first-order chi connectivity index (χ1) is 10.2. The van der Waals surface area contributed by atoms with Gasteiger partial charge in [-0.25, -0.2) is 4.79 Å². The number of hydrogen-bond donors (Lipinski definition) is 2. The monoisotopic (exact) mass is 319 g/mol. The Bertz CT molecular complexity index is 562. The second kappa shape index (κ2) is 5.98. The minimum Gasteiger partial charge on any atom is -0.480 e. The van der Waals surface area contributed by atoms with E-state index in [0.29, 0.717) is 25.7 Å². The Morgan fingerprint density at radius 2 is 1.95 bits per heavy atom. The highest BCUT2D eigenvalue weighted by molar-refractivity contribution is 5.87. The van der Waals surface area contributed by atoms with E-state index in [2.05, 4.69) is 10.4 Å².